The topological polar surface area (TPSA) is 38.7 Å². The summed E-state index contributed by atoms with van der Waals surface area (Å²) in [5.41, 5.74) is 5.64. The fourth-order valence-corrected chi connectivity index (χ4v) is 8.70. The molecular formula is C33H25N3Si. The van der Waals surface area contributed by atoms with E-state index in [9.17, 15) is 0 Å². The van der Waals surface area contributed by atoms with Crippen LogP contribution >= 0.6 is 0 Å². The number of nitrogens with zero attached hydrogens (tertiary/aromatic N) is 3. The van der Waals surface area contributed by atoms with Crippen LogP contribution in [0, 0.1) is 0 Å². The Labute approximate surface area is 217 Å². The molecule has 5 aromatic carbocycles. The van der Waals surface area contributed by atoms with Crippen LogP contribution < -0.4 is 10.4 Å². The molecule has 1 aliphatic heterocycles. The van der Waals surface area contributed by atoms with Crippen molar-refractivity contribution in [2.45, 2.75) is 13.1 Å². The zero-order valence-corrected chi connectivity index (χ0v) is 21.8. The molecule has 0 N–H and O–H groups in total. The van der Waals surface area contributed by atoms with E-state index in [0.717, 1.165) is 22.5 Å². The van der Waals surface area contributed by atoms with Crippen molar-refractivity contribution in [3.05, 3.63) is 115 Å². The Kier molecular flexibility index (Phi) is 4.91. The lowest BCUT2D eigenvalue weighted by molar-refractivity contribution is 1.08. The average Bonchev–Trinajstić information content (AvgIpc) is 3.20. The Morgan fingerprint density at radius 3 is 1.92 bits per heavy atom. The monoisotopic (exact) mass is 491 g/mol. The van der Waals surface area contributed by atoms with Crippen LogP contribution in [0.1, 0.15) is 0 Å². The minimum atomic E-state index is -1.80. The van der Waals surface area contributed by atoms with E-state index in [0.29, 0.717) is 11.6 Å². The Bertz CT molecular complexity index is 1810. The highest BCUT2D eigenvalue weighted by molar-refractivity contribution is 7.04. The van der Waals surface area contributed by atoms with E-state index in [1.54, 1.807) is 0 Å². The summed E-state index contributed by atoms with van der Waals surface area (Å²) in [5, 5.41) is 5.30. The molecule has 7 rings (SSSR count). The molecule has 2 heterocycles. The molecule has 4 heteroatoms. The Morgan fingerprint density at radius 2 is 1.08 bits per heavy atom. The first-order valence-corrected chi connectivity index (χ1v) is 15.6. The minimum Gasteiger partial charge on any atom is -0.208 e. The molecule has 1 aliphatic rings. The largest absolute Gasteiger partial charge is 0.208 e. The molecule has 0 fully saturated rings. The molecule has 0 aliphatic carbocycles. The van der Waals surface area contributed by atoms with Gasteiger partial charge in [0.05, 0.1) is 0 Å². The van der Waals surface area contributed by atoms with Crippen molar-refractivity contribution in [3.8, 4) is 45.3 Å². The summed E-state index contributed by atoms with van der Waals surface area (Å²) in [5.74, 6) is 2.10. The van der Waals surface area contributed by atoms with Gasteiger partial charge in [0.1, 0.15) is 8.07 Å². The number of hydrogen-bond donors (Lipinski definition) is 0. The standard InChI is InChI=1S/C33H25N3Si/c1-37(2)28-17-9-8-15-26(28)30-27(16-10-18-29(30)37)33-35-31(23-12-4-3-5-13-23)34-32(36-33)25-20-19-22-11-6-7-14-24(22)21-25/h3-21H,1-2H3. The summed E-state index contributed by atoms with van der Waals surface area (Å²) in [6.07, 6.45) is 0. The Morgan fingerprint density at radius 1 is 0.459 bits per heavy atom. The summed E-state index contributed by atoms with van der Waals surface area (Å²) >= 11 is 0. The third-order valence-electron chi connectivity index (χ3n) is 7.52. The predicted molar refractivity (Wildman–Crippen MR) is 156 cm³/mol. The van der Waals surface area contributed by atoms with Crippen LogP contribution in [-0.4, -0.2) is 23.0 Å². The smallest absolute Gasteiger partial charge is 0.164 e. The molecule has 1 aromatic heterocycles. The minimum absolute atomic E-state index is 0.689. The van der Waals surface area contributed by atoms with E-state index in [1.165, 1.54) is 32.3 Å². The first kappa shape index (κ1) is 21.8. The van der Waals surface area contributed by atoms with Crippen LogP contribution in [0.3, 0.4) is 0 Å². The Hall–Kier alpha value is -4.41. The molecule has 0 atom stereocenters. The van der Waals surface area contributed by atoms with Crippen molar-refractivity contribution in [2.24, 2.45) is 0 Å². The van der Waals surface area contributed by atoms with Gasteiger partial charge in [0.2, 0.25) is 0 Å². The second-order valence-electron chi connectivity index (χ2n) is 10.1. The van der Waals surface area contributed by atoms with Crippen molar-refractivity contribution < 1.29 is 0 Å². The lowest BCUT2D eigenvalue weighted by Crippen LogP contribution is -2.49. The van der Waals surface area contributed by atoms with Gasteiger partial charge in [-0.05, 0) is 38.3 Å². The molecule has 0 spiro atoms. The molecule has 0 saturated carbocycles. The summed E-state index contributed by atoms with van der Waals surface area (Å²) in [6, 6.07) is 40.5. The molecule has 0 amide bonds. The first-order valence-electron chi connectivity index (χ1n) is 12.6. The highest BCUT2D eigenvalue weighted by Gasteiger charge is 2.38. The second-order valence-corrected chi connectivity index (χ2v) is 14.5. The SMILES string of the molecule is C[Si]1(C)c2ccccc2-c2c(-c3nc(-c4ccccc4)nc(-c4ccc5ccccc5c4)n3)cccc21. The van der Waals surface area contributed by atoms with Gasteiger partial charge < -0.3 is 0 Å². The van der Waals surface area contributed by atoms with E-state index in [2.05, 4.69) is 110 Å². The second kappa shape index (κ2) is 8.32. The van der Waals surface area contributed by atoms with Crippen LogP contribution in [0.2, 0.25) is 13.1 Å². The van der Waals surface area contributed by atoms with Gasteiger partial charge >= 0.3 is 0 Å². The molecule has 0 bridgehead atoms. The number of hydrogen-bond acceptors (Lipinski definition) is 3. The summed E-state index contributed by atoms with van der Waals surface area (Å²) in [7, 11) is -1.80. The van der Waals surface area contributed by atoms with Gasteiger partial charge in [-0.25, -0.2) is 15.0 Å². The Balaban J connectivity index is 1.49. The number of benzene rings is 5. The first-order chi connectivity index (χ1) is 18.1. The summed E-state index contributed by atoms with van der Waals surface area (Å²) in [4.78, 5) is 15.1. The van der Waals surface area contributed by atoms with Gasteiger partial charge in [-0.2, -0.15) is 0 Å². The van der Waals surface area contributed by atoms with Gasteiger partial charge in [0, 0.05) is 16.7 Å². The molecule has 6 aromatic rings. The fourth-order valence-electron chi connectivity index (χ4n) is 5.61. The average molecular weight is 492 g/mol. The van der Waals surface area contributed by atoms with Crippen molar-refractivity contribution in [3.63, 3.8) is 0 Å². The third kappa shape index (κ3) is 3.52. The zero-order chi connectivity index (χ0) is 25.0. The summed E-state index contributed by atoms with van der Waals surface area (Å²) in [6.45, 7) is 4.87. The number of rotatable bonds is 3. The maximum Gasteiger partial charge on any atom is 0.164 e. The molecule has 3 nitrogen and oxygen atoms in total. The van der Waals surface area contributed by atoms with Crippen LogP contribution in [0.15, 0.2) is 115 Å². The van der Waals surface area contributed by atoms with E-state index in [-0.39, 0.29) is 0 Å². The van der Waals surface area contributed by atoms with E-state index in [1.807, 2.05) is 18.2 Å². The van der Waals surface area contributed by atoms with Crippen molar-refractivity contribution in [1.29, 1.82) is 0 Å². The zero-order valence-electron chi connectivity index (χ0n) is 20.8. The van der Waals surface area contributed by atoms with E-state index < -0.39 is 8.07 Å². The van der Waals surface area contributed by atoms with Crippen molar-refractivity contribution in [1.82, 2.24) is 15.0 Å². The van der Waals surface area contributed by atoms with E-state index in [4.69, 9.17) is 15.0 Å². The lowest BCUT2D eigenvalue weighted by atomic mass is 9.99. The van der Waals surface area contributed by atoms with Gasteiger partial charge in [0.15, 0.2) is 17.5 Å². The quantitative estimate of drug-likeness (QED) is 0.255. The molecular weight excluding hydrogens is 466 g/mol. The molecule has 176 valence electrons. The van der Waals surface area contributed by atoms with Crippen LogP contribution in [0.4, 0.5) is 0 Å². The fraction of sp³-hybridized carbons (Fsp3) is 0.0606. The van der Waals surface area contributed by atoms with Crippen LogP contribution in [0.5, 0.6) is 0 Å². The molecule has 37 heavy (non-hydrogen) atoms. The number of fused-ring (bicyclic) bond motifs is 4. The van der Waals surface area contributed by atoms with Crippen LogP contribution in [0.25, 0.3) is 56.1 Å². The maximum atomic E-state index is 5.10. The van der Waals surface area contributed by atoms with Gasteiger partial charge in [0.25, 0.3) is 0 Å². The number of aromatic nitrogens is 3. The molecule has 0 unspecified atom stereocenters. The van der Waals surface area contributed by atoms with Gasteiger partial charge in [-0.3, -0.25) is 0 Å². The van der Waals surface area contributed by atoms with Crippen molar-refractivity contribution >= 4 is 29.2 Å². The van der Waals surface area contributed by atoms with Crippen molar-refractivity contribution in [2.75, 3.05) is 0 Å². The highest BCUT2D eigenvalue weighted by Crippen LogP contribution is 2.36. The highest BCUT2D eigenvalue weighted by atomic mass is 28.3. The van der Waals surface area contributed by atoms with Crippen LogP contribution in [-0.2, 0) is 0 Å². The van der Waals surface area contributed by atoms with Gasteiger partial charge in [-0.1, -0.05) is 122 Å². The predicted octanol–water partition coefficient (Wildman–Crippen LogP) is 6.83. The van der Waals surface area contributed by atoms with Gasteiger partial charge in [-0.15, -0.1) is 0 Å². The normalized spacial score (nSPS) is 13.4. The third-order valence-corrected chi connectivity index (χ3v) is 11.1. The summed E-state index contributed by atoms with van der Waals surface area (Å²) < 4.78 is 0. The molecule has 0 saturated heterocycles. The van der Waals surface area contributed by atoms with E-state index >= 15 is 0 Å². The molecule has 0 radical (unpaired) electrons. The lowest BCUT2D eigenvalue weighted by Gasteiger charge is -2.18. The maximum absolute atomic E-state index is 5.10.